The van der Waals surface area contributed by atoms with E-state index in [0.717, 1.165) is 24.2 Å². The lowest BCUT2D eigenvalue weighted by atomic mass is 10.2. The molecule has 0 amide bonds. The van der Waals surface area contributed by atoms with E-state index >= 15 is 0 Å². The van der Waals surface area contributed by atoms with Crippen LogP contribution in [0.5, 0.6) is 0 Å². The van der Waals surface area contributed by atoms with Crippen LogP contribution >= 0.6 is 35.6 Å². The van der Waals surface area contributed by atoms with Crippen LogP contribution in [0.2, 0.25) is 10.0 Å². The van der Waals surface area contributed by atoms with Gasteiger partial charge in [-0.3, -0.25) is 5.10 Å². The van der Waals surface area contributed by atoms with Gasteiger partial charge in [-0.25, -0.2) is 4.98 Å². The van der Waals surface area contributed by atoms with Gasteiger partial charge in [-0.2, -0.15) is 5.10 Å². The van der Waals surface area contributed by atoms with Crippen LogP contribution in [0.25, 0.3) is 11.4 Å². The lowest BCUT2D eigenvalue weighted by Crippen LogP contribution is -2.01. The van der Waals surface area contributed by atoms with E-state index in [-0.39, 0.29) is 12.4 Å². The Balaban J connectivity index is 0.00000162. The number of halogens is 3. The summed E-state index contributed by atoms with van der Waals surface area (Å²) in [6.45, 7) is 0.642. The van der Waals surface area contributed by atoms with Crippen molar-refractivity contribution in [2.45, 2.75) is 12.8 Å². The van der Waals surface area contributed by atoms with Crippen LogP contribution in [0.1, 0.15) is 12.2 Å². The molecule has 18 heavy (non-hydrogen) atoms. The maximum atomic E-state index is 5.94. The van der Waals surface area contributed by atoms with E-state index in [1.54, 1.807) is 12.1 Å². The highest BCUT2D eigenvalue weighted by atomic mass is 35.5. The van der Waals surface area contributed by atoms with Crippen LogP contribution < -0.4 is 5.73 Å². The summed E-state index contributed by atoms with van der Waals surface area (Å²) < 4.78 is 0. The summed E-state index contributed by atoms with van der Waals surface area (Å²) in [5, 5.41) is 8.03. The molecule has 0 spiro atoms. The maximum Gasteiger partial charge on any atom is 0.181 e. The van der Waals surface area contributed by atoms with E-state index < -0.39 is 0 Å². The van der Waals surface area contributed by atoms with Gasteiger partial charge in [0.1, 0.15) is 5.82 Å². The third-order valence-electron chi connectivity index (χ3n) is 2.33. The van der Waals surface area contributed by atoms with E-state index in [4.69, 9.17) is 28.9 Å². The molecule has 1 aromatic carbocycles. The van der Waals surface area contributed by atoms with Gasteiger partial charge >= 0.3 is 0 Å². The molecule has 0 aliphatic carbocycles. The average Bonchev–Trinajstić information content (AvgIpc) is 2.79. The summed E-state index contributed by atoms with van der Waals surface area (Å²) in [6, 6.07) is 5.32. The van der Waals surface area contributed by atoms with Crippen molar-refractivity contribution in [1.82, 2.24) is 15.2 Å². The van der Waals surface area contributed by atoms with Gasteiger partial charge in [-0.1, -0.05) is 23.2 Å². The van der Waals surface area contributed by atoms with Crippen molar-refractivity contribution in [2.75, 3.05) is 6.54 Å². The topological polar surface area (TPSA) is 67.6 Å². The molecule has 0 aliphatic heterocycles. The Hall–Kier alpha value is -0.810. The number of H-pyrrole nitrogens is 1. The number of rotatable bonds is 4. The van der Waals surface area contributed by atoms with Crippen LogP contribution in [0.4, 0.5) is 0 Å². The predicted octanol–water partition coefficient (Wildman–Crippen LogP) is 3.09. The molecule has 0 bridgehead atoms. The zero-order valence-electron chi connectivity index (χ0n) is 9.49. The number of nitrogens with one attached hydrogen (secondary N) is 1. The maximum absolute atomic E-state index is 5.94. The van der Waals surface area contributed by atoms with Crippen LogP contribution in [-0.4, -0.2) is 21.7 Å². The smallest absolute Gasteiger partial charge is 0.181 e. The van der Waals surface area contributed by atoms with Gasteiger partial charge in [0, 0.05) is 12.0 Å². The van der Waals surface area contributed by atoms with Crippen molar-refractivity contribution in [3.63, 3.8) is 0 Å². The van der Waals surface area contributed by atoms with Crippen molar-refractivity contribution < 1.29 is 0 Å². The number of nitrogens with zero attached hydrogens (tertiary/aromatic N) is 2. The molecule has 1 heterocycles. The zero-order valence-corrected chi connectivity index (χ0v) is 11.8. The summed E-state index contributed by atoms with van der Waals surface area (Å²) in [4.78, 5) is 4.36. The first-order valence-electron chi connectivity index (χ1n) is 5.27. The van der Waals surface area contributed by atoms with Crippen LogP contribution in [-0.2, 0) is 6.42 Å². The summed E-state index contributed by atoms with van der Waals surface area (Å²) in [5.41, 5.74) is 6.28. The third kappa shape index (κ3) is 3.59. The number of aryl methyl sites for hydroxylation is 1. The minimum Gasteiger partial charge on any atom is -0.330 e. The Morgan fingerprint density at radius 3 is 2.67 bits per heavy atom. The summed E-state index contributed by atoms with van der Waals surface area (Å²) in [7, 11) is 0. The highest BCUT2D eigenvalue weighted by Crippen LogP contribution is 2.26. The number of hydrogen-bond acceptors (Lipinski definition) is 3. The first-order chi connectivity index (χ1) is 8.20. The van der Waals surface area contributed by atoms with Gasteiger partial charge < -0.3 is 5.73 Å². The second-order valence-corrected chi connectivity index (χ2v) is 4.44. The molecule has 98 valence electrons. The molecule has 1 aromatic heterocycles. The number of nitrogens with two attached hydrogens (primary N) is 1. The van der Waals surface area contributed by atoms with Gasteiger partial charge in [0.15, 0.2) is 5.82 Å². The van der Waals surface area contributed by atoms with E-state index in [1.807, 2.05) is 6.07 Å². The van der Waals surface area contributed by atoms with Crippen LogP contribution in [0, 0.1) is 0 Å². The average molecular weight is 308 g/mol. The SMILES string of the molecule is Cl.NCCCc1nc(-c2ccc(Cl)c(Cl)c2)n[nH]1. The Kier molecular flexibility index (Phi) is 5.88. The molecule has 0 aliphatic rings. The molecule has 4 nitrogen and oxygen atoms in total. The number of hydrogen-bond donors (Lipinski definition) is 2. The molecule has 0 unspecified atom stereocenters. The van der Waals surface area contributed by atoms with Crippen molar-refractivity contribution in [3.8, 4) is 11.4 Å². The quantitative estimate of drug-likeness (QED) is 0.912. The van der Waals surface area contributed by atoms with Crippen molar-refractivity contribution in [1.29, 1.82) is 0 Å². The van der Waals surface area contributed by atoms with Gasteiger partial charge in [-0.15, -0.1) is 12.4 Å². The Labute approximate surface area is 121 Å². The van der Waals surface area contributed by atoms with Gasteiger partial charge in [0.25, 0.3) is 0 Å². The van der Waals surface area contributed by atoms with Crippen molar-refractivity contribution >= 4 is 35.6 Å². The monoisotopic (exact) mass is 306 g/mol. The third-order valence-corrected chi connectivity index (χ3v) is 3.07. The van der Waals surface area contributed by atoms with Crippen LogP contribution in [0.3, 0.4) is 0 Å². The molecular formula is C11H13Cl3N4. The van der Waals surface area contributed by atoms with Gasteiger partial charge in [-0.05, 0) is 31.2 Å². The molecule has 2 aromatic rings. The first-order valence-corrected chi connectivity index (χ1v) is 6.03. The number of aromatic amines is 1. The first kappa shape index (κ1) is 15.2. The molecule has 7 heteroatoms. The highest BCUT2D eigenvalue weighted by Gasteiger charge is 2.07. The largest absolute Gasteiger partial charge is 0.330 e. The molecule has 0 fully saturated rings. The zero-order chi connectivity index (χ0) is 12.3. The Morgan fingerprint density at radius 1 is 1.22 bits per heavy atom. The van der Waals surface area contributed by atoms with Crippen LogP contribution in [0.15, 0.2) is 18.2 Å². The van der Waals surface area contributed by atoms with Gasteiger partial charge in [0.05, 0.1) is 10.0 Å². The molecule has 0 atom stereocenters. The standard InChI is InChI=1S/C11H12Cl2N4.ClH/c12-8-4-3-7(6-9(8)13)11-15-10(16-17-11)2-1-5-14;/h3-4,6H,1-2,5,14H2,(H,15,16,17);1H. The lowest BCUT2D eigenvalue weighted by molar-refractivity contribution is 0.785. The summed E-state index contributed by atoms with van der Waals surface area (Å²) in [6.07, 6.45) is 1.68. The number of benzene rings is 1. The molecule has 2 rings (SSSR count). The molecule has 0 saturated heterocycles. The van der Waals surface area contributed by atoms with Crippen molar-refractivity contribution in [2.24, 2.45) is 5.73 Å². The highest BCUT2D eigenvalue weighted by molar-refractivity contribution is 6.42. The van der Waals surface area contributed by atoms with Gasteiger partial charge in [0.2, 0.25) is 0 Å². The van der Waals surface area contributed by atoms with E-state index in [1.165, 1.54) is 0 Å². The Bertz CT molecular complexity index is 513. The second kappa shape index (κ2) is 6.95. The Morgan fingerprint density at radius 2 is 2.00 bits per heavy atom. The molecule has 0 saturated carbocycles. The fourth-order valence-electron chi connectivity index (χ4n) is 1.44. The van der Waals surface area contributed by atoms with E-state index in [2.05, 4.69) is 15.2 Å². The number of aromatic nitrogens is 3. The predicted molar refractivity (Wildman–Crippen MR) is 76.5 cm³/mol. The second-order valence-electron chi connectivity index (χ2n) is 3.63. The minimum atomic E-state index is 0. The summed E-state index contributed by atoms with van der Waals surface area (Å²) in [5.74, 6) is 1.45. The normalized spacial score (nSPS) is 10.2. The molecular weight excluding hydrogens is 295 g/mol. The van der Waals surface area contributed by atoms with Crippen molar-refractivity contribution in [3.05, 3.63) is 34.1 Å². The molecule has 0 radical (unpaired) electrons. The molecule has 3 N–H and O–H groups in total. The van der Waals surface area contributed by atoms with E-state index in [0.29, 0.717) is 22.4 Å². The summed E-state index contributed by atoms with van der Waals surface area (Å²) >= 11 is 11.8. The fraction of sp³-hybridized carbons (Fsp3) is 0.273. The van der Waals surface area contributed by atoms with E-state index in [9.17, 15) is 0 Å². The lowest BCUT2D eigenvalue weighted by Gasteiger charge is -1.98. The minimum absolute atomic E-state index is 0. The fourth-order valence-corrected chi connectivity index (χ4v) is 1.74.